The van der Waals surface area contributed by atoms with E-state index in [0.29, 0.717) is 0 Å². The Labute approximate surface area is 93.5 Å². The van der Waals surface area contributed by atoms with Crippen LogP contribution in [0.15, 0.2) is 23.1 Å². The lowest BCUT2D eigenvalue weighted by atomic mass is 9.80. The summed E-state index contributed by atoms with van der Waals surface area (Å²) < 4.78 is 23.1. The number of carbonyl (C=O) groups excluding carboxylic acids is 1. The molecule has 0 heterocycles. The maximum absolute atomic E-state index is 11.6. The SMILES string of the molecule is CS(=O)(=O)C1=CC(=N)C(=O)C2C#CC=CC12. The third kappa shape index (κ3) is 1.61. The van der Waals surface area contributed by atoms with Crippen molar-refractivity contribution < 1.29 is 13.2 Å². The number of Topliss-reactive ketones (excluding diaryl/α,β-unsaturated/α-hetero) is 1. The molecular weight excluding hydrogens is 226 g/mol. The van der Waals surface area contributed by atoms with Gasteiger partial charge in [0.25, 0.3) is 0 Å². The second kappa shape index (κ2) is 3.42. The van der Waals surface area contributed by atoms with Crippen LogP contribution in [-0.4, -0.2) is 26.2 Å². The molecule has 0 bridgehead atoms. The van der Waals surface area contributed by atoms with Gasteiger partial charge in [0.1, 0.15) is 0 Å². The first kappa shape index (κ1) is 10.8. The molecule has 0 aromatic carbocycles. The fourth-order valence-electron chi connectivity index (χ4n) is 1.81. The molecule has 2 rings (SSSR count). The monoisotopic (exact) mass is 235 g/mol. The Kier molecular flexibility index (Phi) is 2.32. The summed E-state index contributed by atoms with van der Waals surface area (Å²) in [5.41, 5.74) is -0.286. The second-order valence-electron chi connectivity index (χ2n) is 3.75. The Morgan fingerprint density at radius 1 is 1.44 bits per heavy atom. The molecule has 0 aliphatic heterocycles. The van der Waals surface area contributed by atoms with Gasteiger partial charge < -0.3 is 0 Å². The van der Waals surface area contributed by atoms with E-state index in [2.05, 4.69) is 11.8 Å². The van der Waals surface area contributed by atoms with Gasteiger partial charge in [0.05, 0.1) is 16.5 Å². The van der Waals surface area contributed by atoms with Gasteiger partial charge in [0.15, 0.2) is 15.6 Å². The van der Waals surface area contributed by atoms with Crippen molar-refractivity contribution >= 4 is 21.3 Å². The number of nitrogens with one attached hydrogen (secondary N) is 1. The second-order valence-corrected chi connectivity index (χ2v) is 5.76. The van der Waals surface area contributed by atoms with Crippen LogP contribution in [0.2, 0.25) is 0 Å². The molecule has 4 nitrogen and oxygen atoms in total. The minimum Gasteiger partial charge on any atom is -0.297 e. The standard InChI is InChI=1S/C11H9NO3S/c1-16(14,15)10-6-9(12)11(13)8-5-3-2-4-7(8)10/h2,4,6-8,12H,1H3. The Morgan fingerprint density at radius 3 is 2.75 bits per heavy atom. The molecule has 82 valence electrons. The van der Waals surface area contributed by atoms with Crippen molar-refractivity contribution in [2.75, 3.05) is 6.26 Å². The number of hydrogen-bond donors (Lipinski definition) is 1. The highest BCUT2D eigenvalue weighted by molar-refractivity contribution is 7.94. The van der Waals surface area contributed by atoms with Gasteiger partial charge in [0, 0.05) is 12.2 Å². The van der Waals surface area contributed by atoms with Crippen LogP contribution in [0.5, 0.6) is 0 Å². The minimum atomic E-state index is -3.40. The van der Waals surface area contributed by atoms with Crippen molar-refractivity contribution in [1.29, 1.82) is 5.41 Å². The summed E-state index contributed by atoms with van der Waals surface area (Å²) >= 11 is 0. The quantitative estimate of drug-likeness (QED) is 0.665. The Hall–Kier alpha value is -1.67. The first-order valence-electron chi connectivity index (χ1n) is 4.63. The van der Waals surface area contributed by atoms with E-state index in [0.717, 1.165) is 12.3 Å². The summed E-state index contributed by atoms with van der Waals surface area (Å²) in [6, 6.07) is 0. The van der Waals surface area contributed by atoms with Crippen molar-refractivity contribution in [3.05, 3.63) is 23.1 Å². The van der Waals surface area contributed by atoms with Crippen molar-refractivity contribution in [2.24, 2.45) is 11.8 Å². The Bertz CT molecular complexity index is 599. The van der Waals surface area contributed by atoms with Gasteiger partial charge in [-0.1, -0.05) is 17.9 Å². The molecule has 0 radical (unpaired) electrons. The van der Waals surface area contributed by atoms with Crippen molar-refractivity contribution in [3.8, 4) is 11.8 Å². The van der Waals surface area contributed by atoms with Crippen molar-refractivity contribution in [2.45, 2.75) is 0 Å². The summed E-state index contributed by atoms with van der Waals surface area (Å²) in [6.07, 6.45) is 5.37. The molecule has 16 heavy (non-hydrogen) atoms. The molecule has 0 aromatic rings. The van der Waals surface area contributed by atoms with E-state index in [-0.39, 0.29) is 10.6 Å². The fourth-order valence-corrected chi connectivity index (χ4v) is 2.85. The summed E-state index contributed by atoms with van der Waals surface area (Å²) in [7, 11) is -3.40. The van der Waals surface area contributed by atoms with Crippen molar-refractivity contribution in [3.63, 3.8) is 0 Å². The summed E-state index contributed by atoms with van der Waals surface area (Å²) in [5.74, 6) is 3.65. The normalized spacial score (nSPS) is 27.9. The third-order valence-corrected chi connectivity index (χ3v) is 3.82. The molecule has 2 aliphatic carbocycles. The van der Waals surface area contributed by atoms with E-state index in [1.807, 2.05) is 0 Å². The van der Waals surface area contributed by atoms with Crippen LogP contribution in [-0.2, 0) is 14.6 Å². The maximum atomic E-state index is 11.6. The zero-order chi connectivity index (χ0) is 11.9. The summed E-state index contributed by atoms with van der Waals surface area (Å²) in [5, 5.41) is 7.45. The van der Waals surface area contributed by atoms with Crippen LogP contribution in [0.4, 0.5) is 0 Å². The van der Waals surface area contributed by atoms with Gasteiger partial charge in [-0.05, 0) is 12.2 Å². The average molecular weight is 235 g/mol. The zero-order valence-corrected chi connectivity index (χ0v) is 9.34. The number of rotatable bonds is 1. The molecule has 0 aromatic heterocycles. The smallest absolute Gasteiger partial charge is 0.196 e. The molecule has 5 heteroatoms. The molecule has 0 saturated carbocycles. The number of sulfone groups is 1. The number of allylic oxidation sites excluding steroid dienone is 4. The van der Waals surface area contributed by atoms with Crippen LogP contribution < -0.4 is 0 Å². The minimum absolute atomic E-state index is 0.104. The lowest BCUT2D eigenvalue weighted by Crippen LogP contribution is -2.35. The lowest BCUT2D eigenvalue weighted by molar-refractivity contribution is -0.115. The van der Waals surface area contributed by atoms with E-state index >= 15 is 0 Å². The molecule has 0 fully saturated rings. The van der Waals surface area contributed by atoms with E-state index in [1.165, 1.54) is 0 Å². The number of fused-ring (bicyclic) bond motifs is 1. The first-order chi connectivity index (χ1) is 7.41. The Balaban J connectivity index is 2.61. The van der Waals surface area contributed by atoms with Crippen molar-refractivity contribution in [1.82, 2.24) is 0 Å². The van der Waals surface area contributed by atoms with E-state index in [9.17, 15) is 13.2 Å². The van der Waals surface area contributed by atoms with Gasteiger partial charge in [-0.25, -0.2) is 8.42 Å². The van der Waals surface area contributed by atoms with E-state index in [1.54, 1.807) is 12.2 Å². The Morgan fingerprint density at radius 2 is 2.12 bits per heavy atom. The largest absolute Gasteiger partial charge is 0.297 e. The van der Waals surface area contributed by atoms with Gasteiger partial charge >= 0.3 is 0 Å². The van der Waals surface area contributed by atoms with Crippen LogP contribution >= 0.6 is 0 Å². The van der Waals surface area contributed by atoms with Crippen LogP contribution in [0, 0.1) is 29.1 Å². The maximum Gasteiger partial charge on any atom is 0.196 e. The molecule has 2 unspecified atom stereocenters. The predicted molar refractivity (Wildman–Crippen MR) is 59.6 cm³/mol. The van der Waals surface area contributed by atoms with Crippen LogP contribution in [0.25, 0.3) is 0 Å². The van der Waals surface area contributed by atoms with E-state index in [4.69, 9.17) is 5.41 Å². The average Bonchev–Trinajstić information content (AvgIpc) is 2.22. The lowest BCUT2D eigenvalue weighted by Gasteiger charge is -2.26. The zero-order valence-electron chi connectivity index (χ0n) is 8.52. The van der Waals surface area contributed by atoms with Gasteiger partial charge in [-0.2, -0.15) is 0 Å². The molecule has 2 aliphatic rings. The number of carbonyl (C=O) groups is 1. The summed E-state index contributed by atoms with van der Waals surface area (Å²) in [6.45, 7) is 0. The third-order valence-electron chi connectivity index (χ3n) is 2.58. The molecule has 0 amide bonds. The first-order valence-corrected chi connectivity index (χ1v) is 6.52. The van der Waals surface area contributed by atoms with E-state index < -0.39 is 27.5 Å². The molecule has 0 saturated heterocycles. The predicted octanol–water partition coefficient (Wildman–Crippen LogP) is 0.323. The fraction of sp³-hybridized carbons (Fsp3) is 0.273. The molecule has 2 atom stereocenters. The number of ketones is 1. The van der Waals surface area contributed by atoms with Gasteiger partial charge in [-0.3, -0.25) is 10.2 Å². The molecule has 1 N–H and O–H groups in total. The topological polar surface area (TPSA) is 75.1 Å². The van der Waals surface area contributed by atoms with Gasteiger partial charge in [-0.15, -0.1) is 0 Å². The van der Waals surface area contributed by atoms with Gasteiger partial charge in [0.2, 0.25) is 0 Å². The van der Waals surface area contributed by atoms with Crippen LogP contribution in [0.1, 0.15) is 0 Å². The molecular formula is C11H9NO3S. The van der Waals surface area contributed by atoms with Crippen LogP contribution in [0.3, 0.4) is 0 Å². The highest BCUT2D eigenvalue weighted by atomic mass is 32.2. The highest BCUT2D eigenvalue weighted by Crippen LogP contribution is 2.32. The summed E-state index contributed by atoms with van der Waals surface area (Å²) in [4.78, 5) is 11.7. The highest BCUT2D eigenvalue weighted by Gasteiger charge is 2.38. The number of hydrogen-bond acceptors (Lipinski definition) is 4. The molecule has 0 spiro atoms.